The van der Waals surface area contributed by atoms with Gasteiger partial charge in [0, 0.05) is 13.3 Å². The highest BCUT2D eigenvalue weighted by molar-refractivity contribution is 6.01. The van der Waals surface area contributed by atoms with Crippen molar-refractivity contribution < 1.29 is 33.7 Å². The maximum Gasteiger partial charge on any atom is 0.326 e. The quantitative estimate of drug-likeness (QED) is 0.311. The molecule has 166 valence electrons. The molecule has 29 heavy (non-hydrogen) atoms. The lowest BCUT2D eigenvalue weighted by molar-refractivity contribution is -0.206. The van der Waals surface area contributed by atoms with Crippen molar-refractivity contribution in [3.63, 3.8) is 0 Å². The van der Waals surface area contributed by atoms with E-state index < -0.39 is 41.6 Å². The summed E-state index contributed by atoms with van der Waals surface area (Å²) in [4.78, 5) is 41.7. The van der Waals surface area contributed by atoms with E-state index in [0.29, 0.717) is 12.8 Å². The molecule has 4 atom stereocenters. The first-order valence-corrected chi connectivity index (χ1v) is 10.1. The fraction of sp³-hybridized carbons (Fsp3) is 0.800. The van der Waals surface area contributed by atoms with Crippen molar-refractivity contribution in [2.75, 3.05) is 13.2 Å². The second-order valence-corrected chi connectivity index (χ2v) is 7.08. The minimum atomic E-state index is -2.02. The number of ether oxygens (including phenoxy) is 3. The van der Waals surface area contributed by atoms with Gasteiger partial charge in [-0.05, 0) is 33.4 Å². The lowest BCUT2D eigenvalue weighted by atomic mass is 9.66. The fourth-order valence-electron chi connectivity index (χ4n) is 3.74. The summed E-state index contributed by atoms with van der Waals surface area (Å²) in [5, 5.41) is 14.0. The van der Waals surface area contributed by atoms with Gasteiger partial charge in [0.15, 0.2) is 5.41 Å². The third kappa shape index (κ3) is 5.33. The highest BCUT2D eigenvalue weighted by atomic mass is 16.6. The molecule has 1 rings (SSSR count). The smallest absolute Gasteiger partial charge is 0.326 e. The largest absolute Gasteiger partial charge is 0.465 e. The molecule has 1 aliphatic rings. The van der Waals surface area contributed by atoms with Crippen LogP contribution in [0, 0.1) is 5.41 Å². The van der Waals surface area contributed by atoms with Crippen LogP contribution >= 0.6 is 0 Å². The Morgan fingerprint density at radius 3 is 2.03 bits per heavy atom. The molecule has 0 aromatic carbocycles. The summed E-state index contributed by atoms with van der Waals surface area (Å²) in [6, 6.07) is -1.53. The molecule has 9 nitrogen and oxygen atoms in total. The zero-order chi connectivity index (χ0) is 22.2. The van der Waals surface area contributed by atoms with Gasteiger partial charge in [-0.25, -0.2) is 0 Å². The molecule has 0 aromatic heterocycles. The number of aliphatic imine (C=N–C) groups is 1. The topological polar surface area (TPSA) is 124 Å². The summed E-state index contributed by atoms with van der Waals surface area (Å²) in [5.41, 5.74) is -2.02. The van der Waals surface area contributed by atoms with E-state index >= 15 is 0 Å². The molecule has 0 saturated heterocycles. The first kappa shape index (κ1) is 25.0. The third-order valence-corrected chi connectivity index (χ3v) is 5.26. The Kier molecular flexibility index (Phi) is 9.72. The van der Waals surface area contributed by atoms with Crippen molar-refractivity contribution in [1.29, 1.82) is 0 Å². The monoisotopic (exact) mass is 414 g/mol. The molecule has 9 heteroatoms. The van der Waals surface area contributed by atoms with E-state index in [4.69, 9.17) is 14.2 Å². The summed E-state index contributed by atoms with van der Waals surface area (Å²) in [6.45, 7) is 12.0. The van der Waals surface area contributed by atoms with E-state index in [1.807, 2.05) is 13.8 Å². The summed E-state index contributed by atoms with van der Waals surface area (Å²) in [5.74, 6) is -2.16. The number of hydrogen-bond donors (Lipinski definition) is 2. The molecule has 0 unspecified atom stereocenters. The molecule has 0 heterocycles. The van der Waals surface area contributed by atoms with Crippen LogP contribution < -0.4 is 5.32 Å². The van der Waals surface area contributed by atoms with E-state index in [2.05, 4.69) is 17.0 Å². The van der Waals surface area contributed by atoms with Gasteiger partial charge in [0.05, 0.1) is 31.4 Å². The van der Waals surface area contributed by atoms with Crippen LogP contribution in [-0.4, -0.2) is 73.3 Å². The number of carbonyl (C=O) groups is 3. The van der Waals surface area contributed by atoms with Crippen LogP contribution in [0.2, 0.25) is 0 Å². The van der Waals surface area contributed by atoms with Crippen molar-refractivity contribution in [1.82, 2.24) is 5.32 Å². The number of aliphatic hydroxyl groups excluding tert-OH is 1. The second-order valence-electron chi connectivity index (χ2n) is 7.08. The van der Waals surface area contributed by atoms with Gasteiger partial charge in [-0.1, -0.05) is 13.8 Å². The molecule has 0 radical (unpaired) electrons. The number of esters is 2. The van der Waals surface area contributed by atoms with Crippen molar-refractivity contribution in [2.24, 2.45) is 10.4 Å². The predicted octanol–water partition coefficient (Wildman–Crippen LogP) is 1.01. The van der Waals surface area contributed by atoms with Crippen LogP contribution in [0.15, 0.2) is 4.99 Å². The second kappa shape index (κ2) is 11.3. The number of aliphatic hydroxyl groups is 1. The Bertz CT molecular complexity index is 573. The van der Waals surface area contributed by atoms with E-state index in [9.17, 15) is 19.5 Å². The van der Waals surface area contributed by atoms with E-state index in [0.717, 1.165) is 0 Å². The number of nitrogens with one attached hydrogen (secondary N) is 1. The minimum absolute atomic E-state index is 0.0199. The number of amides is 1. The predicted molar refractivity (Wildman–Crippen MR) is 107 cm³/mol. The number of nitrogens with zero attached hydrogens (tertiary/aromatic N) is 1. The Labute approximate surface area is 172 Å². The Morgan fingerprint density at radius 2 is 1.66 bits per heavy atom. The minimum Gasteiger partial charge on any atom is -0.465 e. The lowest BCUT2D eigenvalue weighted by Gasteiger charge is -2.48. The Balaban J connectivity index is 3.54. The molecular formula is C20H34N2O7. The average molecular weight is 414 g/mol. The zero-order valence-electron chi connectivity index (χ0n) is 18.0. The van der Waals surface area contributed by atoms with Crippen LogP contribution in [0.25, 0.3) is 0 Å². The summed E-state index contributed by atoms with van der Waals surface area (Å²) in [7, 11) is 0. The van der Waals surface area contributed by atoms with Crippen LogP contribution in [0.1, 0.15) is 53.9 Å². The number of carbonyl (C=O) groups excluding carboxylic acids is 3. The van der Waals surface area contributed by atoms with Crippen LogP contribution in [0.4, 0.5) is 0 Å². The van der Waals surface area contributed by atoms with Crippen LogP contribution in [-0.2, 0) is 28.6 Å². The van der Waals surface area contributed by atoms with Gasteiger partial charge in [-0.15, -0.1) is 0 Å². The van der Waals surface area contributed by atoms with Gasteiger partial charge in [0.2, 0.25) is 5.91 Å². The highest BCUT2D eigenvalue weighted by Gasteiger charge is 2.64. The maximum absolute atomic E-state index is 12.9. The summed E-state index contributed by atoms with van der Waals surface area (Å²) >= 11 is 0. The van der Waals surface area contributed by atoms with E-state index in [1.165, 1.54) is 6.92 Å². The first-order valence-electron chi connectivity index (χ1n) is 10.1. The molecule has 0 aliphatic heterocycles. The number of rotatable bonds is 10. The van der Waals surface area contributed by atoms with Gasteiger partial charge in [-0.2, -0.15) is 0 Å². The molecule has 0 aromatic rings. The maximum atomic E-state index is 12.9. The van der Waals surface area contributed by atoms with Gasteiger partial charge < -0.3 is 24.6 Å². The standard InChI is InChI=1S/C20H34N2O7/c1-7-13(8-2)29-16-15(22-12(5)23)14(21-6)11-20(17(16)24,18(25)27-9-3)19(26)28-10-4/h13-17,24H,6-11H2,1-5H3,(H,22,23)/t14-,15+,16-,17+/m0/s1. The van der Waals surface area contributed by atoms with Crippen molar-refractivity contribution in [2.45, 2.75) is 84.3 Å². The van der Waals surface area contributed by atoms with Crippen molar-refractivity contribution in [3.05, 3.63) is 0 Å². The zero-order valence-corrected chi connectivity index (χ0v) is 18.0. The SMILES string of the molecule is C=N[C@H]1CC(C(=O)OCC)(C(=O)OCC)[C@H](O)[C@@H](OC(CC)CC)[C@@H]1NC(C)=O. The van der Waals surface area contributed by atoms with Gasteiger partial charge in [-0.3, -0.25) is 19.4 Å². The summed E-state index contributed by atoms with van der Waals surface area (Å²) in [6.07, 6.45) is -1.87. The van der Waals surface area contributed by atoms with Crippen LogP contribution in [0.3, 0.4) is 0 Å². The Hall–Kier alpha value is -2.00. The molecule has 1 amide bonds. The van der Waals surface area contributed by atoms with Gasteiger partial charge in [0.1, 0.15) is 12.2 Å². The molecule has 0 bridgehead atoms. The van der Waals surface area contributed by atoms with E-state index in [-0.39, 0.29) is 31.6 Å². The van der Waals surface area contributed by atoms with Gasteiger partial charge in [0.25, 0.3) is 0 Å². The fourth-order valence-corrected chi connectivity index (χ4v) is 3.74. The molecule has 0 spiro atoms. The molecule has 2 N–H and O–H groups in total. The normalized spacial score (nSPS) is 25.9. The summed E-state index contributed by atoms with van der Waals surface area (Å²) < 4.78 is 16.4. The Morgan fingerprint density at radius 1 is 1.14 bits per heavy atom. The van der Waals surface area contributed by atoms with Crippen molar-refractivity contribution in [3.8, 4) is 0 Å². The first-order chi connectivity index (χ1) is 13.7. The molecule has 1 fully saturated rings. The molecular weight excluding hydrogens is 380 g/mol. The number of hydrogen-bond acceptors (Lipinski definition) is 8. The average Bonchev–Trinajstić information content (AvgIpc) is 2.68. The third-order valence-electron chi connectivity index (χ3n) is 5.26. The molecule has 1 saturated carbocycles. The lowest BCUT2D eigenvalue weighted by Crippen LogP contribution is -2.69. The van der Waals surface area contributed by atoms with Gasteiger partial charge >= 0.3 is 11.9 Å². The molecule has 1 aliphatic carbocycles. The highest BCUT2D eigenvalue weighted by Crippen LogP contribution is 2.42. The van der Waals surface area contributed by atoms with Crippen molar-refractivity contribution >= 4 is 24.6 Å². The van der Waals surface area contributed by atoms with E-state index in [1.54, 1.807) is 13.8 Å². The van der Waals surface area contributed by atoms with Crippen LogP contribution in [0.5, 0.6) is 0 Å².